The Bertz CT molecular complexity index is 227. The number of carbonyl (C=O) groups excluding carboxylic acids is 2. The molecule has 1 fully saturated rings. The molecule has 1 heterocycles. The smallest absolute Gasteiger partial charge is 0.226 e. The molecule has 4 nitrogen and oxygen atoms in total. The molecular weight excluding hydrogens is 182 g/mol. The van der Waals surface area contributed by atoms with Crippen molar-refractivity contribution in [3.05, 3.63) is 0 Å². The molecule has 80 valence electrons. The van der Waals surface area contributed by atoms with Gasteiger partial charge in [-0.1, -0.05) is 6.92 Å². The quantitative estimate of drug-likeness (QED) is 0.717. The SMILES string of the molecule is CCC1OCCC1C(=O)NCC(C)=O. The van der Waals surface area contributed by atoms with E-state index in [0.717, 1.165) is 12.8 Å². The zero-order valence-corrected chi connectivity index (χ0v) is 8.71. The molecular formula is C10H17NO3. The standard InChI is InChI=1S/C10H17NO3/c1-3-9-8(4-5-14-9)10(13)11-6-7(2)12/h8-9H,3-6H2,1-2H3,(H,11,13). The van der Waals surface area contributed by atoms with Gasteiger partial charge in [0.2, 0.25) is 5.91 Å². The maximum Gasteiger partial charge on any atom is 0.226 e. The van der Waals surface area contributed by atoms with Gasteiger partial charge in [0.15, 0.2) is 0 Å². The van der Waals surface area contributed by atoms with E-state index >= 15 is 0 Å². The van der Waals surface area contributed by atoms with Crippen molar-refractivity contribution in [1.82, 2.24) is 5.32 Å². The molecule has 0 radical (unpaired) electrons. The minimum atomic E-state index is -0.0700. The molecule has 0 aliphatic carbocycles. The van der Waals surface area contributed by atoms with Gasteiger partial charge in [-0.3, -0.25) is 9.59 Å². The first kappa shape index (κ1) is 11.2. The molecule has 1 aliphatic heterocycles. The van der Waals surface area contributed by atoms with Gasteiger partial charge in [0.05, 0.1) is 18.6 Å². The van der Waals surface area contributed by atoms with E-state index in [1.165, 1.54) is 6.92 Å². The number of ether oxygens (including phenoxy) is 1. The molecule has 1 aliphatic rings. The van der Waals surface area contributed by atoms with Crippen molar-refractivity contribution in [3.63, 3.8) is 0 Å². The number of carbonyl (C=O) groups is 2. The molecule has 14 heavy (non-hydrogen) atoms. The fraction of sp³-hybridized carbons (Fsp3) is 0.800. The summed E-state index contributed by atoms with van der Waals surface area (Å²) in [5.41, 5.74) is 0. The van der Waals surface area contributed by atoms with Gasteiger partial charge in [-0.05, 0) is 19.8 Å². The van der Waals surface area contributed by atoms with Gasteiger partial charge in [-0.2, -0.15) is 0 Å². The van der Waals surface area contributed by atoms with E-state index in [1.807, 2.05) is 6.92 Å². The Morgan fingerprint density at radius 2 is 2.21 bits per heavy atom. The summed E-state index contributed by atoms with van der Waals surface area (Å²) in [7, 11) is 0. The van der Waals surface area contributed by atoms with Gasteiger partial charge >= 0.3 is 0 Å². The predicted molar refractivity (Wildman–Crippen MR) is 51.8 cm³/mol. The Morgan fingerprint density at radius 1 is 1.50 bits per heavy atom. The third-order valence-corrected chi connectivity index (χ3v) is 2.46. The van der Waals surface area contributed by atoms with Gasteiger partial charge in [0.1, 0.15) is 5.78 Å². The lowest BCUT2D eigenvalue weighted by Gasteiger charge is -2.15. The van der Waals surface area contributed by atoms with Crippen LogP contribution in [0.25, 0.3) is 0 Å². The van der Waals surface area contributed by atoms with Gasteiger partial charge in [0.25, 0.3) is 0 Å². The second-order valence-electron chi connectivity index (χ2n) is 3.63. The third kappa shape index (κ3) is 2.80. The first-order valence-electron chi connectivity index (χ1n) is 5.04. The van der Waals surface area contributed by atoms with E-state index in [0.29, 0.717) is 6.61 Å². The average Bonchev–Trinajstić information content (AvgIpc) is 2.61. The zero-order chi connectivity index (χ0) is 10.6. The molecule has 0 aromatic heterocycles. The van der Waals surface area contributed by atoms with Crippen molar-refractivity contribution in [3.8, 4) is 0 Å². The number of nitrogens with one attached hydrogen (secondary N) is 1. The summed E-state index contributed by atoms with van der Waals surface area (Å²) in [6.45, 7) is 4.24. The van der Waals surface area contributed by atoms with Crippen molar-refractivity contribution in [2.24, 2.45) is 5.92 Å². The average molecular weight is 199 g/mol. The Morgan fingerprint density at radius 3 is 2.79 bits per heavy atom. The van der Waals surface area contributed by atoms with Crippen molar-refractivity contribution < 1.29 is 14.3 Å². The van der Waals surface area contributed by atoms with Gasteiger partial charge in [-0.15, -0.1) is 0 Å². The lowest BCUT2D eigenvalue weighted by atomic mass is 9.99. The van der Waals surface area contributed by atoms with Gasteiger partial charge in [-0.25, -0.2) is 0 Å². The molecule has 2 unspecified atom stereocenters. The number of hydrogen-bond acceptors (Lipinski definition) is 3. The van der Waals surface area contributed by atoms with Gasteiger partial charge in [0, 0.05) is 6.61 Å². The van der Waals surface area contributed by atoms with Crippen molar-refractivity contribution >= 4 is 11.7 Å². The van der Waals surface area contributed by atoms with E-state index in [2.05, 4.69) is 5.32 Å². The zero-order valence-electron chi connectivity index (χ0n) is 8.71. The van der Waals surface area contributed by atoms with Crippen LogP contribution < -0.4 is 5.32 Å². The highest BCUT2D eigenvalue weighted by Crippen LogP contribution is 2.23. The monoisotopic (exact) mass is 199 g/mol. The molecule has 0 aromatic carbocycles. The highest BCUT2D eigenvalue weighted by atomic mass is 16.5. The summed E-state index contributed by atoms with van der Waals surface area (Å²) in [5.74, 6) is -0.144. The molecule has 1 rings (SSSR count). The molecule has 4 heteroatoms. The van der Waals surface area contributed by atoms with Crippen LogP contribution in [-0.4, -0.2) is 30.9 Å². The topological polar surface area (TPSA) is 55.4 Å². The lowest BCUT2D eigenvalue weighted by molar-refractivity contribution is -0.128. The number of Topliss-reactive ketones (excluding diaryl/α,β-unsaturated/α-hetero) is 1. The van der Waals surface area contributed by atoms with Crippen LogP contribution in [0.4, 0.5) is 0 Å². The molecule has 1 N–H and O–H groups in total. The van der Waals surface area contributed by atoms with Crippen LogP contribution in [0, 0.1) is 5.92 Å². The maximum absolute atomic E-state index is 11.6. The van der Waals surface area contributed by atoms with Gasteiger partial charge < -0.3 is 10.1 Å². The van der Waals surface area contributed by atoms with E-state index < -0.39 is 0 Å². The summed E-state index contributed by atoms with van der Waals surface area (Å²) >= 11 is 0. The minimum absolute atomic E-state index is 0.0229. The van der Waals surface area contributed by atoms with E-state index in [1.54, 1.807) is 0 Å². The lowest BCUT2D eigenvalue weighted by Crippen LogP contribution is -2.37. The number of hydrogen-bond donors (Lipinski definition) is 1. The second kappa shape index (κ2) is 5.10. The van der Waals surface area contributed by atoms with Crippen LogP contribution >= 0.6 is 0 Å². The van der Waals surface area contributed by atoms with Crippen molar-refractivity contribution in [2.75, 3.05) is 13.2 Å². The Labute approximate surface area is 84.0 Å². The molecule has 0 spiro atoms. The minimum Gasteiger partial charge on any atom is -0.377 e. The Balaban J connectivity index is 2.39. The Kier molecular flexibility index (Phi) is 4.07. The number of rotatable bonds is 4. The molecule has 1 saturated heterocycles. The summed E-state index contributed by atoms with van der Waals surface area (Å²) in [5, 5.41) is 2.62. The summed E-state index contributed by atoms with van der Waals surface area (Å²) in [4.78, 5) is 22.2. The molecule has 0 saturated carbocycles. The highest BCUT2D eigenvalue weighted by molar-refractivity contribution is 5.86. The molecule has 2 atom stereocenters. The van der Waals surface area contributed by atoms with Crippen LogP contribution in [0.1, 0.15) is 26.7 Å². The molecule has 1 amide bonds. The van der Waals surface area contributed by atoms with Crippen LogP contribution in [0.5, 0.6) is 0 Å². The van der Waals surface area contributed by atoms with Crippen LogP contribution in [0.2, 0.25) is 0 Å². The summed E-state index contributed by atoms with van der Waals surface area (Å²) < 4.78 is 5.40. The molecule has 0 bridgehead atoms. The van der Waals surface area contributed by atoms with Crippen LogP contribution in [0.3, 0.4) is 0 Å². The Hall–Kier alpha value is -0.900. The predicted octanol–water partition coefficient (Wildman–Crippen LogP) is 0.507. The van der Waals surface area contributed by atoms with Crippen LogP contribution in [-0.2, 0) is 14.3 Å². The van der Waals surface area contributed by atoms with Crippen molar-refractivity contribution in [1.29, 1.82) is 0 Å². The highest BCUT2D eigenvalue weighted by Gasteiger charge is 2.32. The van der Waals surface area contributed by atoms with E-state index in [9.17, 15) is 9.59 Å². The van der Waals surface area contributed by atoms with E-state index in [-0.39, 0.29) is 30.3 Å². The first-order valence-corrected chi connectivity index (χ1v) is 5.04. The maximum atomic E-state index is 11.6. The summed E-state index contributed by atoms with van der Waals surface area (Å²) in [6.07, 6.45) is 1.64. The normalized spacial score (nSPS) is 26.1. The fourth-order valence-electron chi connectivity index (χ4n) is 1.69. The third-order valence-electron chi connectivity index (χ3n) is 2.46. The molecule has 0 aromatic rings. The second-order valence-corrected chi connectivity index (χ2v) is 3.63. The number of amides is 1. The first-order chi connectivity index (χ1) is 6.65. The fourth-order valence-corrected chi connectivity index (χ4v) is 1.69. The van der Waals surface area contributed by atoms with E-state index in [4.69, 9.17) is 4.74 Å². The van der Waals surface area contributed by atoms with Crippen LogP contribution in [0.15, 0.2) is 0 Å². The summed E-state index contributed by atoms with van der Waals surface area (Å²) in [6, 6.07) is 0. The number of ketones is 1. The van der Waals surface area contributed by atoms with Crippen molar-refractivity contribution in [2.45, 2.75) is 32.8 Å². The largest absolute Gasteiger partial charge is 0.377 e.